The number of benzene rings is 1. The SMILES string of the molecule is NC1CCC(CNc2ccc(C3=CSNN3)cc2)CC1. The third-order valence-electron chi connectivity index (χ3n) is 4.10. The topological polar surface area (TPSA) is 62.1 Å². The van der Waals surface area contributed by atoms with E-state index < -0.39 is 0 Å². The van der Waals surface area contributed by atoms with Gasteiger partial charge in [-0.3, -0.25) is 0 Å². The lowest BCUT2D eigenvalue weighted by atomic mass is 9.86. The summed E-state index contributed by atoms with van der Waals surface area (Å²) in [7, 11) is 0. The maximum absolute atomic E-state index is 5.94. The average molecular weight is 290 g/mol. The van der Waals surface area contributed by atoms with E-state index in [1.165, 1.54) is 36.9 Å². The molecule has 0 amide bonds. The van der Waals surface area contributed by atoms with Gasteiger partial charge >= 0.3 is 0 Å². The van der Waals surface area contributed by atoms with Crippen molar-refractivity contribution in [2.24, 2.45) is 11.7 Å². The summed E-state index contributed by atoms with van der Waals surface area (Å²) >= 11 is 1.56. The number of nitrogens with one attached hydrogen (secondary N) is 3. The van der Waals surface area contributed by atoms with Crippen LogP contribution in [-0.4, -0.2) is 12.6 Å². The van der Waals surface area contributed by atoms with E-state index in [1.807, 2.05) is 0 Å². The molecule has 1 aliphatic carbocycles. The van der Waals surface area contributed by atoms with Gasteiger partial charge in [0, 0.05) is 23.7 Å². The second-order valence-corrected chi connectivity index (χ2v) is 6.29. The molecule has 0 unspecified atom stereocenters. The molecule has 0 atom stereocenters. The molecule has 4 nitrogen and oxygen atoms in total. The molecule has 3 rings (SSSR count). The smallest absolute Gasteiger partial charge is 0.0645 e. The van der Waals surface area contributed by atoms with Gasteiger partial charge < -0.3 is 16.5 Å². The van der Waals surface area contributed by atoms with Gasteiger partial charge in [0.25, 0.3) is 0 Å². The quantitative estimate of drug-likeness (QED) is 0.642. The third kappa shape index (κ3) is 3.48. The molecular weight excluding hydrogens is 268 g/mol. The molecule has 1 heterocycles. The zero-order chi connectivity index (χ0) is 13.8. The molecule has 0 saturated heterocycles. The highest BCUT2D eigenvalue weighted by Crippen LogP contribution is 2.24. The maximum Gasteiger partial charge on any atom is 0.0645 e. The van der Waals surface area contributed by atoms with E-state index in [4.69, 9.17) is 5.73 Å². The van der Waals surface area contributed by atoms with Crippen molar-refractivity contribution in [1.29, 1.82) is 0 Å². The van der Waals surface area contributed by atoms with Crippen LogP contribution in [0.1, 0.15) is 31.2 Å². The van der Waals surface area contributed by atoms with Gasteiger partial charge in [0.15, 0.2) is 0 Å². The van der Waals surface area contributed by atoms with Crippen LogP contribution in [0.25, 0.3) is 5.70 Å². The zero-order valence-electron chi connectivity index (χ0n) is 11.6. The minimum atomic E-state index is 0.434. The Kier molecular flexibility index (Phi) is 4.50. The molecule has 0 radical (unpaired) electrons. The lowest BCUT2D eigenvalue weighted by Gasteiger charge is -2.26. The van der Waals surface area contributed by atoms with Crippen molar-refractivity contribution < 1.29 is 0 Å². The molecule has 5 heteroatoms. The van der Waals surface area contributed by atoms with Gasteiger partial charge in [-0.05, 0) is 61.2 Å². The van der Waals surface area contributed by atoms with Gasteiger partial charge in [0.05, 0.1) is 5.70 Å². The third-order valence-corrected chi connectivity index (χ3v) is 4.68. The lowest BCUT2D eigenvalue weighted by Crippen LogP contribution is -2.29. The molecule has 1 fully saturated rings. The van der Waals surface area contributed by atoms with Crippen LogP contribution in [0, 0.1) is 5.92 Å². The average Bonchev–Trinajstić information content (AvgIpc) is 3.01. The summed E-state index contributed by atoms with van der Waals surface area (Å²) < 4.78 is 0. The molecule has 5 N–H and O–H groups in total. The standard InChI is InChI=1S/C15H22N4S/c16-13-5-1-11(2-6-13)9-17-14-7-3-12(4-8-14)15-10-20-19-18-15/h3-4,7-8,10-11,13,17-19H,1-2,5-6,9,16H2. The van der Waals surface area contributed by atoms with Crippen LogP contribution in [0.2, 0.25) is 0 Å². The number of hydrogen-bond donors (Lipinski definition) is 4. The van der Waals surface area contributed by atoms with Crippen molar-refractivity contribution in [2.75, 3.05) is 11.9 Å². The van der Waals surface area contributed by atoms with Gasteiger partial charge in [-0.25, -0.2) is 0 Å². The Labute approximate surface area is 124 Å². The van der Waals surface area contributed by atoms with Crippen LogP contribution in [0.3, 0.4) is 0 Å². The number of rotatable bonds is 4. The van der Waals surface area contributed by atoms with E-state index in [2.05, 4.69) is 45.2 Å². The van der Waals surface area contributed by atoms with E-state index in [-0.39, 0.29) is 0 Å². The van der Waals surface area contributed by atoms with Crippen molar-refractivity contribution >= 4 is 23.3 Å². The van der Waals surface area contributed by atoms with Crippen molar-refractivity contribution in [3.63, 3.8) is 0 Å². The Bertz CT molecular complexity index is 463. The highest BCUT2D eigenvalue weighted by molar-refractivity contribution is 8.00. The van der Waals surface area contributed by atoms with Crippen LogP contribution >= 0.6 is 11.9 Å². The van der Waals surface area contributed by atoms with Crippen LogP contribution in [-0.2, 0) is 0 Å². The normalized spacial score (nSPS) is 25.9. The Morgan fingerprint density at radius 1 is 1.15 bits per heavy atom. The fraction of sp³-hybridized carbons (Fsp3) is 0.467. The Balaban J connectivity index is 1.50. The molecule has 2 aliphatic rings. The fourth-order valence-electron chi connectivity index (χ4n) is 2.76. The second-order valence-electron chi connectivity index (χ2n) is 5.62. The number of hydrogen-bond acceptors (Lipinski definition) is 5. The van der Waals surface area contributed by atoms with Gasteiger partial charge in [0.2, 0.25) is 0 Å². The van der Waals surface area contributed by atoms with Crippen molar-refractivity contribution in [1.82, 2.24) is 10.3 Å². The van der Waals surface area contributed by atoms with Crippen LogP contribution in [0.4, 0.5) is 5.69 Å². The zero-order valence-corrected chi connectivity index (χ0v) is 12.4. The summed E-state index contributed by atoms with van der Waals surface area (Å²) in [6.45, 7) is 1.06. The van der Waals surface area contributed by atoms with Gasteiger partial charge in [-0.2, -0.15) is 4.83 Å². The Morgan fingerprint density at radius 2 is 1.90 bits per heavy atom. The first-order valence-electron chi connectivity index (χ1n) is 7.28. The number of nitrogens with two attached hydrogens (primary N) is 1. The van der Waals surface area contributed by atoms with Gasteiger partial charge in [0.1, 0.15) is 0 Å². The monoisotopic (exact) mass is 290 g/mol. The van der Waals surface area contributed by atoms with Crippen molar-refractivity contribution in [2.45, 2.75) is 31.7 Å². The van der Waals surface area contributed by atoms with Crippen molar-refractivity contribution in [3.05, 3.63) is 35.2 Å². The molecule has 0 aromatic heterocycles. The minimum Gasteiger partial charge on any atom is -0.385 e. The summed E-state index contributed by atoms with van der Waals surface area (Å²) in [6, 6.07) is 9.02. The first-order valence-corrected chi connectivity index (χ1v) is 8.16. The molecule has 1 aliphatic heterocycles. The maximum atomic E-state index is 5.94. The molecule has 1 aromatic rings. The molecule has 20 heavy (non-hydrogen) atoms. The molecular formula is C15H22N4S. The number of hydrazine groups is 1. The van der Waals surface area contributed by atoms with E-state index in [9.17, 15) is 0 Å². The second kappa shape index (κ2) is 6.52. The summed E-state index contributed by atoms with van der Waals surface area (Å²) in [4.78, 5) is 3.01. The largest absolute Gasteiger partial charge is 0.385 e. The predicted octanol–water partition coefficient (Wildman–Crippen LogP) is 2.67. The van der Waals surface area contributed by atoms with Gasteiger partial charge in [-0.15, -0.1) is 0 Å². The molecule has 1 saturated carbocycles. The molecule has 108 valence electrons. The molecule has 0 bridgehead atoms. The first kappa shape index (κ1) is 13.8. The van der Waals surface area contributed by atoms with Crippen molar-refractivity contribution in [3.8, 4) is 0 Å². The van der Waals surface area contributed by atoms with Crippen LogP contribution in [0.5, 0.6) is 0 Å². The molecule has 1 aromatic carbocycles. The van der Waals surface area contributed by atoms with E-state index >= 15 is 0 Å². The van der Waals surface area contributed by atoms with E-state index in [0.29, 0.717) is 6.04 Å². The lowest BCUT2D eigenvalue weighted by molar-refractivity contribution is 0.339. The Morgan fingerprint density at radius 3 is 2.55 bits per heavy atom. The predicted molar refractivity (Wildman–Crippen MR) is 86.7 cm³/mol. The highest BCUT2D eigenvalue weighted by atomic mass is 32.2. The first-order chi connectivity index (χ1) is 9.81. The summed E-state index contributed by atoms with van der Waals surface area (Å²) in [6.07, 6.45) is 4.86. The highest BCUT2D eigenvalue weighted by Gasteiger charge is 2.18. The van der Waals surface area contributed by atoms with Crippen LogP contribution < -0.4 is 21.3 Å². The van der Waals surface area contributed by atoms with Crippen LogP contribution in [0.15, 0.2) is 29.7 Å². The number of anilines is 1. The van der Waals surface area contributed by atoms with Gasteiger partial charge in [-0.1, -0.05) is 12.1 Å². The molecule has 0 spiro atoms. The fourth-order valence-corrected chi connectivity index (χ4v) is 3.31. The summed E-state index contributed by atoms with van der Waals surface area (Å²) in [5.41, 5.74) is 12.6. The van der Waals surface area contributed by atoms with E-state index in [0.717, 1.165) is 18.2 Å². The minimum absolute atomic E-state index is 0.434. The summed E-state index contributed by atoms with van der Waals surface area (Å²) in [5, 5.41) is 5.62. The van der Waals surface area contributed by atoms with E-state index in [1.54, 1.807) is 11.9 Å². The Hall–Kier alpha value is -1.17. The summed E-state index contributed by atoms with van der Waals surface area (Å²) in [5.74, 6) is 0.772.